The van der Waals surface area contributed by atoms with Crippen molar-refractivity contribution >= 4 is 0 Å². The highest BCUT2D eigenvalue weighted by Crippen LogP contribution is 2.59. The minimum absolute atomic E-state index is 0.0473. The van der Waals surface area contributed by atoms with Crippen LogP contribution < -0.4 is 16.8 Å². The molecule has 3 aliphatic heterocycles. The zero-order valence-corrected chi connectivity index (χ0v) is 18.8. The number of nitrogens with one attached hydrogen (secondary N) is 1. The first kappa shape index (κ1) is 22.0. The van der Waals surface area contributed by atoms with Gasteiger partial charge in [0.15, 0.2) is 0 Å². The Kier molecular flexibility index (Phi) is 6.36. The Morgan fingerprint density at radius 2 is 1.93 bits per heavy atom. The molecule has 5 rings (SSSR count). The van der Waals surface area contributed by atoms with E-state index in [9.17, 15) is 5.11 Å². The monoisotopic (exact) mass is 407 g/mol. The first-order chi connectivity index (χ1) is 13.8. The summed E-state index contributed by atoms with van der Waals surface area (Å²) in [6.45, 7) is 5.86. The molecule has 0 spiro atoms. The first-order valence-corrected chi connectivity index (χ1v) is 12.4. The maximum absolute atomic E-state index is 9.43. The SMILES string of the molecule is CC1(C)OC2(C3CCCC(CC4CCC(N)NC4)C3)CCC1C(N)(CCCO)C2. The zero-order valence-electron chi connectivity index (χ0n) is 18.8. The molecular formula is C24H45N3O2. The smallest absolute Gasteiger partial charge is 0.0735 e. The third-order valence-corrected chi connectivity index (χ3v) is 9.03. The number of aliphatic hydroxyl groups is 1. The van der Waals surface area contributed by atoms with Crippen LogP contribution in [0.4, 0.5) is 0 Å². The van der Waals surface area contributed by atoms with Gasteiger partial charge in [-0.2, -0.15) is 0 Å². The van der Waals surface area contributed by atoms with Crippen LogP contribution in [0.25, 0.3) is 0 Å². The van der Waals surface area contributed by atoms with E-state index in [1.165, 1.54) is 51.4 Å². The van der Waals surface area contributed by atoms with E-state index in [4.69, 9.17) is 16.2 Å². The van der Waals surface area contributed by atoms with Crippen LogP contribution in [0, 0.1) is 23.7 Å². The number of aliphatic hydroxyl groups excluding tert-OH is 1. The van der Waals surface area contributed by atoms with Crippen molar-refractivity contribution in [3.8, 4) is 0 Å². The number of fused-ring (bicyclic) bond motifs is 3. The molecule has 0 radical (unpaired) electrons. The molecule has 7 unspecified atom stereocenters. The molecule has 7 atom stereocenters. The van der Waals surface area contributed by atoms with Gasteiger partial charge in [-0.3, -0.25) is 0 Å². The first-order valence-electron chi connectivity index (χ1n) is 12.4. The number of hydrogen-bond donors (Lipinski definition) is 4. The van der Waals surface area contributed by atoms with Crippen molar-refractivity contribution in [3.63, 3.8) is 0 Å². The van der Waals surface area contributed by atoms with Gasteiger partial charge in [0.2, 0.25) is 0 Å². The van der Waals surface area contributed by atoms with Crippen LogP contribution in [0.5, 0.6) is 0 Å². The van der Waals surface area contributed by atoms with Crippen molar-refractivity contribution in [1.29, 1.82) is 0 Å². The Morgan fingerprint density at radius 1 is 1.10 bits per heavy atom. The maximum atomic E-state index is 9.43. The Balaban J connectivity index is 1.45. The minimum atomic E-state index is -0.181. The molecule has 0 aromatic rings. The van der Waals surface area contributed by atoms with Gasteiger partial charge in [-0.05, 0) is 102 Å². The molecule has 29 heavy (non-hydrogen) atoms. The van der Waals surface area contributed by atoms with Gasteiger partial charge in [0.1, 0.15) is 0 Å². The predicted molar refractivity (Wildman–Crippen MR) is 117 cm³/mol. The standard InChI is InChI=1S/C24H45N3O2/c1-22(2)20-9-11-24(29-22,16-23(20,26)10-4-12-28)19-6-3-5-17(14-19)13-18-7-8-21(25)27-15-18/h17-21,27-28H,3-16,25-26H2,1-2H3. The van der Waals surface area contributed by atoms with Gasteiger partial charge >= 0.3 is 0 Å². The second kappa shape index (κ2) is 8.38. The molecule has 2 bridgehead atoms. The van der Waals surface area contributed by atoms with Crippen LogP contribution in [0.2, 0.25) is 0 Å². The van der Waals surface area contributed by atoms with E-state index in [0.29, 0.717) is 11.8 Å². The van der Waals surface area contributed by atoms with Crippen molar-refractivity contribution in [2.75, 3.05) is 13.2 Å². The summed E-state index contributed by atoms with van der Waals surface area (Å²) in [5, 5.41) is 12.9. The lowest BCUT2D eigenvalue weighted by atomic mass is 9.53. The summed E-state index contributed by atoms with van der Waals surface area (Å²) in [4.78, 5) is 0. The van der Waals surface area contributed by atoms with E-state index in [0.717, 1.165) is 44.1 Å². The van der Waals surface area contributed by atoms with Gasteiger partial charge in [-0.15, -0.1) is 0 Å². The van der Waals surface area contributed by atoms with Crippen molar-refractivity contribution in [2.45, 2.75) is 114 Å². The molecule has 168 valence electrons. The summed E-state index contributed by atoms with van der Waals surface area (Å²) in [6, 6.07) is 0. The van der Waals surface area contributed by atoms with Crippen molar-refractivity contribution in [1.82, 2.24) is 5.32 Å². The minimum Gasteiger partial charge on any atom is -0.396 e. The molecule has 2 saturated carbocycles. The van der Waals surface area contributed by atoms with Gasteiger partial charge in [0.25, 0.3) is 0 Å². The summed E-state index contributed by atoms with van der Waals surface area (Å²) in [7, 11) is 0. The number of ether oxygens (including phenoxy) is 1. The number of piperidine rings is 1. The molecule has 5 nitrogen and oxygen atoms in total. The molecule has 5 heteroatoms. The highest BCUT2D eigenvalue weighted by molar-refractivity contribution is 5.15. The van der Waals surface area contributed by atoms with Crippen LogP contribution in [0.1, 0.15) is 90.9 Å². The highest BCUT2D eigenvalue weighted by atomic mass is 16.5. The van der Waals surface area contributed by atoms with E-state index in [-0.39, 0.29) is 29.5 Å². The largest absolute Gasteiger partial charge is 0.396 e. The lowest BCUT2D eigenvalue weighted by Gasteiger charge is -2.65. The Labute approximate surface area is 177 Å². The second-order valence-electron chi connectivity index (χ2n) is 11.5. The fourth-order valence-corrected chi connectivity index (χ4v) is 7.86. The summed E-state index contributed by atoms with van der Waals surface area (Å²) >= 11 is 0. The molecular weight excluding hydrogens is 362 g/mol. The summed E-state index contributed by atoms with van der Waals surface area (Å²) in [5.41, 5.74) is 12.7. The topological polar surface area (TPSA) is 93.5 Å². The second-order valence-corrected chi connectivity index (χ2v) is 11.5. The van der Waals surface area contributed by atoms with Gasteiger partial charge in [-0.25, -0.2) is 0 Å². The molecule has 5 aliphatic rings. The van der Waals surface area contributed by atoms with Crippen LogP contribution in [0.15, 0.2) is 0 Å². The molecule has 6 N–H and O–H groups in total. The third-order valence-electron chi connectivity index (χ3n) is 9.03. The molecule has 0 amide bonds. The van der Waals surface area contributed by atoms with E-state index in [2.05, 4.69) is 19.2 Å². The van der Waals surface area contributed by atoms with Crippen LogP contribution in [-0.2, 0) is 4.74 Å². The van der Waals surface area contributed by atoms with Gasteiger partial charge in [0.05, 0.1) is 17.4 Å². The van der Waals surface area contributed by atoms with Crippen molar-refractivity contribution < 1.29 is 9.84 Å². The maximum Gasteiger partial charge on any atom is 0.0735 e. The average Bonchev–Trinajstić information content (AvgIpc) is 2.68. The summed E-state index contributed by atoms with van der Waals surface area (Å²) in [5.74, 6) is 2.65. The van der Waals surface area contributed by atoms with Crippen LogP contribution in [0.3, 0.4) is 0 Å². The number of nitrogens with two attached hydrogens (primary N) is 2. The highest BCUT2D eigenvalue weighted by Gasteiger charge is 2.62. The van der Waals surface area contributed by atoms with Crippen LogP contribution >= 0.6 is 0 Å². The molecule has 0 aromatic carbocycles. The Morgan fingerprint density at radius 3 is 2.62 bits per heavy atom. The number of rotatable bonds is 6. The quantitative estimate of drug-likeness (QED) is 0.542. The Hall–Kier alpha value is -0.200. The van der Waals surface area contributed by atoms with Crippen molar-refractivity contribution in [2.24, 2.45) is 35.1 Å². The fraction of sp³-hybridized carbons (Fsp3) is 1.00. The lowest BCUT2D eigenvalue weighted by Crippen LogP contribution is -2.72. The predicted octanol–water partition coefficient (Wildman–Crippen LogP) is 3.29. The molecule has 3 saturated heterocycles. The fourth-order valence-electron chi connectivity index (χ4n) is 7.86. The number of hydrogen-bond acceptors (Lipinski definition) is 5. The van der Waals surface area contributed by atoms with Gasteiger partial charge < -0.3 is 26.6 Å². The van der Waals surface area contributed by atoms with Gasteiger partial charge in [0, 0.05) is 18.1 Å². The van der Waals surface area contributed by atoms with E-state index < -0.39 is 0 Å². The Bertz CT molecular complexity index is 562. The van der Waals surface area contributed by atoms with E-state index in [1.54, 1.807) is 0 Å². The molecule has 5 fully saturated rings. The van der Waals surface area contributed by atoms with E-state index >= 15 is 0 Å². The third kappa shape index (κ3) is 4.41. The van der Waals surface area contributed by atoms with E-state index in [1.807, 2.05) is 0 Å². The summed E-state index contributed by atoms with van der Waals surface area (Å²) < 4.78 is 6.96. The average molecular weight is 408 g/mol. The molecule has 3 heterocycles. The van der Waals surface area contributed by atoms with Gasteiger partial charge in [-0.1, -0.05) is 12.8 Å². The molecule has 0 aromatic heterocycles. The lowest BCUT2D eigenvalue weighted by molar-refractivity contribution is -0.287. The zero-order chi connectivity index (χ0) is 20.7. The molecule has 2 aliphatic carbocycles. The van der Waals surface area contributed by atoms with Crippen LogP contribution in [-0.4, -0.2) is 41.2 Å². The normalized spacial score (nSPS) is 47.3. The van der Waals surface area contributed by atoms with Crippen molar-refractivity contribution in [3.05, 3.63) is 0 Å². The summed E-state index contributed by atoms with van der Waals surface area (Å²) in [6.07, 6.45) is 14.3.